The van der Waals surface area contributed by atoms with Crippen LogP contribution in [0, 0.1) is 23.8 Å². The van der Waals surface area contributed by atoms with Crippen molar-refractivity contribution in [2.45, 2.75) is 45.1 Å². The Morgan fingerprint density at radius 3 is 2.94 bits per heavy atom. The summed E-state index contributed by atoms with van der Waals surface area (Å²) in [6, 6.07) is 2.39. The number of hydrogen-bond donors (Lipinski definition) is 2. The lowest BCUT2D eigenvalue weighted by atomic mass is 9.94. The molecule has 0 aromatic heterocycles. The lowest BCUT2D eigenvalue weighted by molar-refractivity contribution is 0.151. The normalized spacial score (nSPS) is 23.4. The van der Waals surface area contributed by atoms with Gasteiger partial charge in [0, 0.05) is 12.5 Å². The maximum absolute atomic E-state index is 10.0. The van der Waals surface area contributed by atoms with Crippen molar-refractivity contribution in [1.82, 2.24) is 0 Å². The fourth-order valence-electron chi connectivity index (χ4n) is 2.25. The summed E-state index contributed by atoms with van der Waals surface area (Å²) in [4.78, 5) is 0. The molecule has 0 amide bonds. The number of aliphatic hydroxyl groups excluding tert-OH is 1. The number of hydrogen-bond acceptors (Lipinski definition) is 2. The largest absolute Gasteiger partial charge is 0.389 e. The van der Waals surface area contributed by atoms with Crippen molar-refractivity contribution >= 4 is 0 Å². The van der Waals surface area contributed by atoms with Gasteiger partial charge in [-0.1, -0.05) is 37.1 Å². The summed E-state index contributed by atoms with van der Waals surface area (Å²) in [7, 11) is 0. The van der Waals surface area contributed by atoms with Gasteiger partial charge in [0.05, 0.1) is 6.10 Å². The van der Waals surface area contributed by atoms with Gasteiger partial charge in [0.25, 0.3) is 0 Å². The minimum Gasteiger partial charge on any atom is -0.389 e. The summed E-state index contributed by atoms with van der Waals surface area (Å²) >= 11 is 0. The molecule has 2 heteroatoms. The van der Waals surface area contributed by atoms with Gasteiger partial charge in [0.1, 0.15) is 0 Å². The standard InChI is InChI=1S/C15H23NO/c1-3-14(5-4-10-16)15(17)9-8-13-7-6-12(2)11-13/h8-9,13-15,17H,2-3,5-7,11,16H2,1H3/b9-8+. The Balaban J connectivity index is 2.44. The Morgan fingerprint density at radius 2 is 2.41 bits per heavy atom. The third-order valence-electron chi connectivity index (χ3n) is 3.47. The van der Waals surface area contributed by atoms with Crippen molar-refractivity contribution < 1.29 is 5.11 Å². The zero-order valence-electron chi connectivity index (χ0n) is 10.7. The first-order chi connectivity index (χ1) is 8.17. The molecule has 17 heavy (non-hydrogen) atoms. The van der Waals surface area contributed by atoms with Crippen molar-refractivity contribution in [2.75, 3.05) is 0 Å². The first kappa shape index (κ1) is 13.9. The molecule has 1 aliphatic carbocycles. The second kappa shape index (κ2) is 7.19. The van der Waals surface area contributed by atoms with Crippen LogP contribution >= 0.6 is 0 Å². The van der Waals surface area contributed by atoms with E-state index in [0.29, 0.717) is 12.3 Å². The van der Waals surface area contributed by atoms with E-state index in [4.69, 9.17) is 5.73 Å². The molecule has 0 radical (unpaired) electrons. The number of nitrogens with two attached hydrogens (primary N) is 1. The van der Waals surface area contributed by atoms with Crippen molar-refractivity contribution in [1.29, 1.82) is 0 Å². The third-order valence-corrected chi connectivity index (χ3v) is 3.47. The van der Waals surface area contributed by atoms with E-state index >= 15 is 0 Å². The zero-order valence-corrected chi connectivity index (χ0v) is 10.7. The van der Waals surface area contributed by atoms with Gasteiger partial charge in [-0.15, -0.1) is 0 Å². The Morgan fingerprint density at radius 1 is 1.65 bits per heavy atom. The van der Waals surface area contributed by atoms with E-state index in [1.807, 2.05) is 6.08 Å². The van der Waals surface area contributed by atoms with Gasteiger partial charge >= 0.3 is 0 Å². The second-order valence-electron chi connectivity index (χ2n) is 4.82. The molecule has 3 N–H and O–H groups in total. The third kappa shape index (κ3) is 4.66. The van der Waals surface area contributed by atoms with Gasteiger partial charge in [-0.25, -0.2) is 0 Å². The first-order valence-corrected chi connectivity index (χ1v) is 6.38. The minimum atomic E-state index is -0.408. The van der Waals surface area contributed by atoms with Crippen molar-refractivity contribution in [3.05, 3.63) is 24.3 Å². The highest BCUT2D eigenvalue weighted by atomic mass is 16.3. The molecule has 1 fully saturated rings. The molecule has 0 heterocycles. The topological polar surface area (TPSA) is 46.2 Å². The molecule has 2 nitrogen and oxygen atoms in total. The highest BCUT2D eigenvalue weighted by Gasteiger charge is 2.17. The van der Waals surface area contributed by atoms with Gasteiger partial charge in [-0.05, 0) is 37.5 Å². The number of aliphatic hydroxyl groups is 1. The molecule has 94 valence electrons. The van der Waals surface area contributed by atoms with E-state index in [-0.39, 0.29) is 5.92 Å². The summed E-state index contributed by atoms with van der Waals surface area (Å²) in [5, 5.41) is 10.0. The summed E-state index contributed by atoms with van der Waals surface area (Å²) in [6.07, 6.45) is 8.60. The van der Waals surface area contributed by atoms with Crippen LogP contribution < -0.4 is 5.73 Å². The second-order valence-corrected chi connectivity index (χ2v) is 4.82. The zero-order chi connectivity index (χ0) is 12.7. The molecule has 1 rings (SSSR count). The predicted octanol–water partition coefficient (Wildman–Crippen LogP) is 2.60. The van der Waals surface area contributed by atoms with Gasteiger partial charge in [0.2, 0.25) is 0 Å². The van der Waals surface area contributed by atoms with Crippen LogP contribution in [-0.2, 0) is 0 Å². The van der Waals surface area contributed by atoms with Crippen LogP contribution in [0.1, 0.15) is 39.0 Å². The van der Waals surface area contributed by atoms with Crippen LogP contribution in [0.15, 0.2) is 24.3 Å². The van der Waals surface area contributed by atoms with E-state index in [2.05, 4.69) is 31.5 Å². The van der Waals surface area contributed by atoms with Gasteiger partial charge in [-0.2, -0.15) is 0 Å². The van der Waals surface area contributed by atoms with E-state index < -0.39 is 6.10 Å². The Kier molecular flexibility index (Phi) is 5.86. The van der Waals surface area contributed by atoms with Gasteiger partial charge < -0.3 is 10.8 Å². The Hall–Kier alpha value is -1.20. The lowest BCUT2D eigenvalue weighted by Crippen LogP contribution is -2.17. The number of allylic oxidation sites excluding steroid dienone is 2. The molecule has 0 spiro atoms. The predicted molar refractivity (Wildman–Crippen MR) is 72.0 cm³/mol. The molecule has 0 aromatic rings. The van der Waals surface area contributed by atoms with E-state index in [1.54, 1.807) is 0 Å². The Labute approximate surface area is 105 Å². The smallest absolute Gasteiger partial charge is 0.0758 e. The van der Waals surface area contributed by atoms with Crippen LogP contribution in [0.2, 0.25) is 0 Å². The lowest BCUT2D eigenvalue weighted by Gasteiger charge is -2.16. The van der Waals surface area contributed by atoms with Crippen molar-refractivity contribution in [2.24, 2.45) is 17.6 Å². The van der Waals surface area contributed by atoms with E-state index in [9.17, 15) is 5.11 Å². The molecule has 0 aromatic carbocycles. The van der Waals surface area contributed by atoms with Crippen LogP contribution in [0.4, 0.5) is 0 Å². The molecular weight excluding hydrogens is 210 g/mol. The van der Waals surface area contributed by atoms with Crippen LogP contribution in [0.25, 0.3) is 0 Å². The highest BCUT2D eigenvalue weighted by molar-refractivity contribution is 5.09. The molecule has 0 aliphatic heterocycles. The van der Waals surface area contributed by atoms with Crippen molar-refractivity contribution in [3.63, 3.8) is 0 Å². The fraction of sp³-hybridized carbons (Fsp3) is 0.600. The molecule has 1 aliphatic rings. The van der Waals surface area contributed by atoms with Gasteiger partial charge in [0.15, 0.2) is 0 Å². The summed E-state index contributed by atoms with van der Waals surface area (Å²) in [5.41, 5.74) is 6.48. The summed E-state index contributed by atoms with van der Waals surface area (Å²) in [6.45, 7) is 6.06. The quantitative estimate of drug-likeness (QED) is 0.435. The first-order valence-electron chi connectivity index (χ1n) is 6.38. The minimum absolute atomic E-state index is 0.187. The number of rotatable bonds is 5. The van der Waals surface area contributed by atoms with Crippen LogP contribution in [0.3, 0.4) is 0 Å². The highest BCUT2D eigenvalue weighted by Crippen LogP contribution is 2.30. The van der Waals surface area contributed by atoms with E-state index in [1.165, 1.54) is 12.0 Å². The maximum Gasteiger partial charge on any atom is 0.0758 e. The molecule has 3 atom stereocenters. The summed E-state index contributed by atoms with van der Waals surface area (Å²) < 4.78 is 0. The molecule has 3 unspecified atom stereocenters. The van der Waals surface area contributed by atoms with Crippen molar-refractivity contribution in [3.8, 4) is 12.0 Å². The molecule has 0 saturated heterocycles. The molecule has 1 saturated carbocycles. The summed E-state index contributed by atoms with van der Waals surface area (Å²) in [5.74, 6) is 3.59. The monoisotopic (exact) mass is 233 g/mol. The maximum atomic E-state index is 10.0. The van der Waals surface area contributed by atoms with Gasteiger partial charge in [-0.3, -0.25) is 0 Å². The van der Waals surface area contributed by atoms with Crippen LogP contribution in [-0.4, -0.2) is 11.2 Å². The molecule has 0 bridgehead atoms. The fourth-order valence-corrected chi connectivity index (χ4v) is 2.25. The Bertz CT molecular complexity index is 335. The van der Waals surface area contributed by atoms with E-state index in [0.717, 1.165) is 19.3 Å². The molecular formula is C15H23NO. The SMILES string of the molecule is C=C1CCC(/C=C/C(O)C(CC)CC#CN)C1. The average Bonchev–Trinajstić information content (AvgIpc) is 2.73. The average molecular weight is 233 g/mol. The van der Waals surface area contributed by atoms with Crippen LogP contribution in [0.5, 0.6) is 0 Å².